The minimum Gasteiger partial charge on any atom is -0.456 e. The molecule has 2 heterocycles. The summed E-state index contributed by atoms with van der Waals surface area (Å²) in [6.45, 7) is 4.48. The molecule has 4 heteroatoms. The number of aliphatic hydroxyl groups is 1. The molecule has 2 aromatic rings. The zero-order chi connectivity index (χ0) is 13.7. The first kappa shape index (κ1) is 13.0. The highest BCUT2D eigenvalue weighted by molar-refractivity contribution is 6.34. The molecule has 0 amide bonds. The summed E-state index contributed by atoms with van der Waals surface area (Å²) < 4.78 is 11.4. The van der Waals surface area contributed by atoms with Gasteiger partial charge >= 0.3 is 0 Å². The molecule has 1 aliphatic heterocycles. The zero-order valence-electron chi connectivity index (χ0n) is 11.1. The van der Waals surface area contributed by atoms with Crippen LogP contribution < -0.4 is 0 Å². The van der Waals surface area contributed by atoms with Crippen molar-refractivity contribution in [3.05, 3.63) is 35.0 Å². The maximum atomic E-state index is 10.9. The molecule has 0 radical (unpaired) electrons. The fourth-order valence-corrected chi connectivity index (χ4v) is 3.03. The maximum Gasteiger partial charge on any atom is 0.153 e. The normalized spacial score (nSPS) is 26.7. The molecule has 3 nitrogen and oxygen atoms in total. The number of benzene rings is 1. The van der Waals surface area contributed by atoms with Gasteiger partial charge in [-0.1, -0.05) is 23.7 Å². The largest absolute Gasteiger partial charge is 0.456 e. The predicted molar refractivity (Wildman–Crippen MR) is 74.4 cm³/mol. The second kappa shape index (κ2) is 4.23. The van der Waals surface area contributed by atoms with Crippen molar-refractivity contribution in [1.29, 1.82) is 0 Å². The van der Waals surface area contributed by atoms with E-state index in [1.807, 2.05) is 32.0 Å². The number of furan rings is 1. The lowest BCUT2D eigenvalue weighted by Crippen LogP contribution is -2.43. The van der Waals surface area contributed by atoms with Crippen LogP contribution in [0, 0.1) is 0 Å². The van der Waals surface area contributed by atoms with Gasteiger partial charge in [-0.2, -0.15) is 0 Å². The smallest absolute Gasteiger partial charge is 0.153 e. The van der Waals surface area contributed by atoms with Crippen LogP contribution >= 0.6 is 11.6 Å². The Morgan fingerprint density at radius 1 is 1.32 bits per heavy atom. The van der Waals surface area contributed by atoms with E-state index >= 15 is 0 Å². The molecule has 1 N–H and O–H groups in total. The lowest BCUT2D eigenvalue weighted by atomic mass is 9.82. The van der Waals surface area contributed by atoms with Crippen LogP contribution in [0.1, 0.15) is 32.4 Å². The van der Waals surface area contributed by atoms with Crippen LogP contribution in [-0.4, -0.2) is 17.3 Å². The van der Waals surface area contributed by atoms with Crippen molar-refractivity contribution in [3.8, 4) is 0 Å². The van der Waals surface area contributed by atoms with Gasteiger partial charge in [-0.3, -0.25) is 0 Å². The van der Waals surface area contributed by atoms with E-state index in [2.05, 4.69) is 0 Å². The molecular weight excluding hydrogens is 264 g/mol. The first-order chi connectivity index (χ1) is 8.90. The van der Waals surface area contributed by atoms with E-state index < -0.39 is 5.60 Å². The number of halogens is 1. The summed E-state index contributed by atoms with van der Waals surface area (Å²) >= 11 is 6.11. The summed E-state index contributed by atoms with van der Waals surface area (Å²) in [6, 6.07) is 7.47. The van der Waals surface area contributed by atoms with Crippen LogP contribution in [-0.2, 0) is 10.3 Å². The molecule has 0 saturated carbocycles. The molecule has 1 unspecified atom stereocenters. The number of para-hydroxylation sites is 1. The summed E-state index contributed by atoms with van der Waals surface area (Å²) in [4.78, 5) is 0. The third-order valence-electron chi connectivity index (χ3n) is 3.68. The zero-order valence-corrected chi connectivity index (χ0v) is 11.8. The van der Waals surface area contributed by atoms with Gasteiger partial charge in [-0.15, -0.1) is 0 Å². The number of rotatable bonds is 1. The van der Waals surface area contributed by atoms with Gasteiger partial charge in [0.05, 0.1) is 17.2 Å². The molecule has 1 atom stereocenters. The van der Waals surface area contributed by atoms with E-state index in [1.165, 1.54) is 0 Å². The first-order valence-corrected chi connectivity index (χ1v) is 6.82. The van der Waals surface area contributed by atoms with Gasteiger partial charge in [-0.25, -0.2) is 0 Å². The van der Waals surface area contributed by atoms with Crippen molar-refractivity contribution in [2.24, 2.45) is 0 Å². The predicted octanol–water partition coefficient (Wildman–Crippen LogP) is 3.86. The van der Waals surface area contributed by atoms with Gasteiger partial charge < -0.3 is 14.3 Å². The Morgan fingerprint density at radius 3 is 2.79 bits per heavy atom. The van der Waals surface area contributed by atoms with Crippen LogP contribution in [0.3, 0.4) is 0 Å². The Labute approximate surface area is 117 Å². The van der Waals surface area contributed by atoms with Crippen molar-refractivity contribution in [1.82, 2.24) is 0 Å². The number of hydrogen-bond donors (Lipinski definition) is 1. The summed E-state index contributed by atoms with van der Waals surface area (Å²) in [5.41, 5.74) is -0.697. The molecule has 1 aromatic carbocycles. The quantitative estimate of drug-likeness (QED) is 0.862. The molecule has 19 heavy (non-hydrogen) atoms. The van der Waals surface area contributed by atoms with Crippen LogP contribution in [0.15, 0.2) is 28.7 Å². The van der Waals surface area contributed by atoms with Crippen molar-refractivity contribution in [2.75, 3.05) is 6.61 Å². The number of ether oxygens (including phenoxy) is 1. The first-order valence-electron chi connectivity index (χ1n) is 6.45. The van der Waals surface area contributed by atoms with E-state index in [-0.39, 0.29) is 5.60 Å². The summed E-state index contributed by atoms with van der Waals surface area (Å²) in [5, 5.41) is 12.3. The molecule has 102 valence electrons. The van der Waals surface area contributed by atoms with Crippen LogP contribution in [0.25, 0.3) is 11.0 Å². The number of fused-ring (bicyclic) bond motifs is 1. The van der Waals surface area contributed by atoms with Gasteiger partial charge in [0.15, 0.2) is 5.58 Å². The van der Waals surface area contributed by atoms with Crippen molar-refractivity contribution >= 4 is 22.6 Å². The molecule has 1 saturated heterocycles. The fraction of sp³-hybridized carbons (Fsp3) is 0.467. The molecule has 3 rings (SSSR count). The minimum absolute atomic E-state index is 0.351. The number of hydrogen-bond acceptors (Lipinski definition) is 3. The van der Waals surface area contributed by atoms with E-state index in [1.54, 1.807) is 6.07 Å². The second-order valence-electron chi connectivity index (χ2n) is 5.84. The maximum absolute atomic E-state index is 10.9. The van der Waals surface area contributed by atoms with Crippen LogP contribution in [0.2, 0.25) is 5.02 Å². The molecule has 0 spiro atoms. The Bertz CT molecular complexity index is 617. The van der Waals surface area contributed by atoms with E-state index in [0.717, 1.165) is 5.39 Å². The van der Waals surface area contributed by atoms with Crippen molar-refractivity contribution in [3.63, 3.8) is 0 Å². The second-order valence-corrected chi connectivity index (χ2v) is 6.24. The molecule has 0 bridgehead atoms. The van der Waals surface area contributed by atoms with Gasteiger partial charge in [0.25, 0.3) is 0 Å². The average molecular weight is 281 g/mol. The van der Waals surface area contributed by atoms with Crippen molar-refractivity contribution in [2.45, 2.75) is 37.9 Å². The molecule has 1 aromatic heterocycles. The van der Waals surface area contributed by atoms with Crippen LogP contribution in [0.5, 0.6) is 0 Å². The molecular formula is C15H17ClO3. The van der Waals surface area contributed by atoms with E-state index in [4.69, 9.17) is 20.8 Å². The minimum atomic E-state index is -0.982. The SMILES string of the molecule is CC1(C)CC(O)(c2cc3cccc(Cl)c3o2)CCO1. The van der Waals surface area contributed by atoms with Gasteiger partial charge in [0, 0.05) is 18.2 Å². The monoisotopic (exact) mass is 280 g/mol. The summed E-state index contributed by atoms with van der Waals surface area (Å²) in [6.07, 6.45) is 1.05. The third-order valence-corrected chi connectivity index (χ3v) is 3.98. The van der Waals surface area contributed by atoms with Crippen molar-refractivity contribution < 1.29 is 14.3 Å². The van der Waals surface area contributed by atoms with E-state index in [9.17, 15) is 5.11 Å². The highest BCUT2D eigenvalue weighted by atomic mass is 35.5. The Hall–Kier alpha value is -1.03. The summed E-state index contributed by atoms with van der Waals surface area (Å²) in [7, 11) is 0. The van der Waals surface area contributed by atoms with Crippen LogP contribution in [0.4, 0.5) is 0 Å². The molecule has 1 aliphatic rings. The van der Waals surface area contributed by atoms with E-state index in [0.29, 0.717) is 35.8 Å². The third kappa shape index (κ3) is 2.27. The Kier molecular flexibility index (Phi) is 2.89. The summed E-state index contributed by atoms with van der Waals surface area (Å²) in [5.74, 6) is 0.576. The van der Waals surface area contributed by atoms with Gasteiger partial charge in [0.1, 0.15) is 11.4 Å². The topological polar surface area (TPSA) is 42.6 Å². The lowest BCUT2D eigenvalue weighted by molar-refractivity contribution is -0.154. The molecule has 1 fully saturated rings. The average Bonchev–Trinajstić information content (AvgIpc) is 2.73. The molecule has 0 aliphatic carbocycles. The van der Waals surface area contributed by atoms with Gasteiger partial charge in [-0.05, 0) is 26.0 Å². The Balaban J connectivity index is 2.06. The highest BCUT2D eigenvalue weighted by Gasteiger charge is 2.43. The van der Waals surface area contributed by atoms with Gasteiger partial charge in [0.2, 0.25) is 0 Å². The highest BCUT2D eigenvalue weighted by Crippen LogP contribution is 2.42. The Morgan fingerprint density at radius 2 is 2.11 bits per heavy atom. The lowest BCUT2D eigenvalue weighted by Gasteiger charge is -2.40. The standard InChI is InChI=1S/C15H17ClO3/c1-14(2)9-15(17,6-7-18-14)12-8-10-4-3-5-11(16)13(10)19-12/h3-5,8,17H,6-7,9H2,1-2H3. The fourth-order valence-electron chi connectivity index (χ4n) is 2.81.